The first-order valence-corrected chi connectivity index (χ1v) is 5.59. The van der Waals surface area contributed by atoms with Crippen molar-refractivity contribution in [3.63, 3.8) is 0 Å². The van der Waals surface area contributed by atoms with Crippen molar-refractivity contribution in [3.8, 4) is 6.07 Å². The molecule has 1 aromatic heterocycles. The minimum absolute atomic E-state index is 0.388. The summed E-state index contributed by atoms with van der Waals surface area (Å²) in [6.45, 7) is 2.09. The van der Waals surface area contributed by atoms with Gasteiger partial charge in [-0.1, -0.05) is 0 Å². The van der Waals surface area contributed by atoms with Crippen LogP contribution in [-0.2, 0) is 0 Å². The van der Waals surface area contributed by atoms with E-state index in [1.54, 1.807) is 12.3 Å². The third kappa shape index (κ3) is 2.67. The zero-order chi connectivity index (χ0) is 11.2. The highest BCUT2D eigenvalue weighted by Gasteiger charge is 2.13. The Balaban J connectivity index is 2.05. The number of hydrogen-bond donors (Lipinski definition) is 2. The maximum Gasteiger partial charge on any atom is 0.166 e. The molecule has 84 valence electrons. The average Bonchev–Trinajstić information content (AvgIpc) is 2.58. The fourth-order valence-electron chi connectivity index (χ4n) is 1.89. The van der Waals surface area contributed by atoms with Crippen LogP contribution >= 0.6 is 0 Å². The standard InChI is InChI=1S/C11H15N5/c12-8-9-3-7-14-16-11(9)15-10-2-1-5-13-6-4-10/h3,7,10,13H,1-2,4-6H2,(H,15,16). The van der Waals surface area contributed by atoms with Crippen LogP contribution in [0.3, 0.4) is 0 Å². The van der Waals surface area contributed by atoms with Crippen molar-refractivity contribution in [2.75, 3.05) is 18.4 Å². The van der Waals surface area contributed by atoms with E-state index in [4.69, 9.17) is 5.26 Å². The second-order valence-electron chi connectivity index (χ2n) is 3.93. The first-order chi connectivity index (χ1) is 7.90. The monoisotopic (exact) mass is 217 g/mol. The number of rotatable bonds is 2. The van der Waals surface area contributed by atoms with E-state index in [9.17, 15) is 0 Å². The molecule has 1 atom stereocenters. The van der Waals surface area contributed by atoms with Crippen LogP contribution in [0.25, 0.3) is 0 Å². The molecule has 0 saturated carbocycles. The summed E-state index contributed by atoms with van der Waals surface area (Å²) >= 11 is 0. The number of hydrogen-bond acceptors (Lipinski definition) is 5. The van der Waals surface area contributed by atoms with Gasteiger partial charge in [-0.05, 0) is 38.4 Å². The minimum Gasteiger partial charge on any atom is -0.365 e. The smallest absolute Gasteiger partial charge is 0.166 e. The van der Waals surface area contributed by atoms with Gasteiger partial charge in [-0.3, -0.25) is 0 Å². The van der Waals surface area contributed by atoms with Crippen LogP contribution in [0, 0.1) is 11.3 Å². The van der Waals surface area contributed by atoms with Crippen molar-refractivity contribution in [3.05, 3.63) is 17.8 Å². The third-order valence-corrected chi connectivity index (χ3v) is 2.76. The SMILES string of the molecule is N#Cc1ccnnc1NC1CCCNCC1. The van der Waals surface area contributed by atoms with Gasteiger partial charge in [0, 0.05) is 6.04 Å². The molecular formula is C11H15N5. The quantitative estimate of drug-likeness (QED) is 0.770. The van der Waals surface area contributed by atoms with Crippen LogP contribution in [-0.4, -0.2) is 29.3 Å². The van der Waals surface area contributed by atoms with Gasteiger partial charge in [-0.2, -0.15) is 10.4 Å². The van der Waals surface area contributed by atoms with Gasteiger partial charge >= 0.3 is 0 Å². The van der Waals surface area contributed by atoms with Gasteiger partial charge in [0.2, 0.25) is 0 Å². The molecular weight excluding hydrogens is 202 g/mol. The Bertz CT molecular complexity index is 376. The molecule has 0 radical (unpaired) electrons. The topological polar surface area (TPSA) is 73.6 Å². The van der Waals surface area contributed by atoms with Crippen molar-refractivity contribution in [2.24, 2.45) is 0 Å². The molecule has 0 spiro atoms. The summed E-state index contributed by atoms with van der Waals surface area (Å²) in [6, 6.07) is 4.19. The van der Waals surface area contributed by atoms with Gasteiger partial charge in [-0.25, -0.2) is 0 Å². The maximum atomic E-state index is 8.93. The summed E-state index contributed by atoms with van der Waals surface area (Å²) in [5.41, 5.74) is 0.562. The van der Waals surface area contributed by atoms with Gasteiger partial charge in [0.15, 0.2) is 5.82 Å². The number of nitrogens with one attached hydrogen (secondary N) is 2. The molecule has 16 heavy (non-hydrogen) atoms. The minimum atomic E-state index is 0.388. The predicted octanol–water partition coefficient (Wildman–Crippen LogP) is 0.902. The van der Waals surface area contributed by atoms with Gasteiger partial charge < -0.3 is 10.6 Å². The van der Waals surface area contributed by atoms with Crippen LogP contribution < -0.4 is 10.6 Å². The van der Waals surface area contributed by atoms with Crippen LogP contribution in [0.5, 0.6) is 0 Å². The molecule has 1 unspecified atom stereocenters. The van der Waals surface area contributed by atoms with E-state index in [1.807, 2.05) is 0 Å². The summed E-state index contributed by atoms with van der Waals surface area (Å²) in [4.78, 5) is 0. The number of anilines is 1. The Labute approximate surface area is 94.9 Å². The molecule has 1 saturated heterocycles. The second kappa shape index (κ2) is 5.42. The number of aromatic nitrogens is 2. The third-order valence-electron chi connectivity index (χ3n) is 2.76. The average molecular weight is 217 g/mol. The molecule has 5 heteroatoms. The lowest BCUT2D eigenvalue weighted by molar-refractivity contribution is 0.633. The number of nitrogens with zero attached hydrogens (tertiary/aromatic N) is 3. The summed E-state index contributed by atoms with van der Waals surface area (Å²) in [7, 11) is 0. The Hall–Kier alpha value is -1.67. The van der Waals surface area contributed by atoms with Gasteiger partial charge in [-0.15, -0.1) is 5.10 Å². The lowest BCUT2D eigenvalue weighted by atomic mass is 10.1. The molecule has 0 bridgehead atoms. The normalized spacial score (nSPS) is 20.8. The van der Waals surface area contributed by atoms with Gasteiger partial charge in [0.05, 0.1) is 11.8 Å². The predicted molar refractivity (Wildman–Crippen MR) is 60.9 cm³/mol. The Morgan fingerprint density at radius 3 is 3.25 bits per heavy atom. The molecule has 1 aliphatic rings. The number of nitriles is 1. The first-order valence-electron chi connectivity index (χ1n) is 5.59. The summed E-state index contributed by atoms with van der Waals surface area (Å²) in [5.74, 6) is 0.608. The van der Waals surface area contributed by atoms with Crippen LogP contribution in [0.4, 0.5) is 5.82 Å². The Morgan fingerprint density at radius 2 is 2.38 bits per heavy atom. The molecule has 0 aliphatic carbocycles. The lowest BCUT2D eigenvalue weighted by Gasteiger charge is -2.16. The first kappa shape index (κ1) is 10.8. The van der Waals surface area contributed by atoms with E-state index < -0.39 is 0 Å². The fourth-order valence-corrected chi connectivity index (χ4v) is 1.89. The zero-order valence-electron chi connectivity index (χ0n) is 9.11. The van der Waals surface area contributed by atoms with Crippen LogP contribution in [0.2, 0.25) is 0 Å². The highest BCUT2D eigenvalue weighted by Crippen LogP contribution is 2.14. The Kier molecular flexibility index (Phi) is 3.67. The highest BCUT2D eigenvalue weighted by atomic mass is 15.2. The molecule has 2 heterocycles. The van der Waals surface area contributed by atoms with Crippen molar-refractivity contribution >= 4 is 5.82 Å². The van der Waals surface area contributed by atoms with Crippen molar-refractivity contribution in [1.82, 2.24) is 15.5 Å². The molecule has 1 aliphatic heterocycles. The summed E-state index contributed by atoms with van der Waals surface area (Å²) in [6.07, 6.45) is 4.86. The highest BCUT2D eigenvalue weighted by molar-refractivity contribution is 5.50. The van der Waals surface area contributed by atoms with Crippen LogP contribution in [0.15, 0.2) is 12.3 Å². The fraction of sp³-hybridized carbons (Fsp3) is 0.545. The summed E-state index contributed by atoms with van der Waals surface area (Å²) < 4.78 is 0. The second-order valence-corrected chi connectivity index (χ2v) is 3.93. The van der Waals surface area contributed by atoms with E-state index in [-0.39, 0.29) is 0 Å². The molecule has 0 amide bonds. The van der Waals surface area contributed by atoms with Gasteiger partial charge in [0.25, 0.3) is 0 Å². The Morgan fingerprint density at radius 1 is 1.44 bits per heavy atom. The molecule has 1 aromatic rings. The summed E-state index contributed by atoms with van der Waals surface area (Å²) in [5, 5.41) is 23.4. The molecule has 5 nitrogen and oxygen atoms in total. The van der Waals surface area contributed by atoms with Crippen molar-refractivity contribution < 1.29 is 0 Å². The zero-order valence-corrected chi connectivity index (χ0v) is 9.11. The van der Waals surface area contributed by atoms with E-state index >= 15 is 0 Å². The molecule has 2 N–H and O–H groups in total. The van der Waals surface area contributed by atoms with Crippen molar-refractivity contribution in [2.45, 2.75) is 25.3 Å². The maximum absolute atomic E-state index is 8.93. The van der Waals surface area contributed by atoms with Gasteiger partial charge in [0.1, 0.15) is 6.07 Å². The van der Waals surface area contributed by atoms with E-state index in [0.717, 1.165) is 32.4 Å². The molecule has 2 rings (SSSR count). The lowest BCUT2D eigenvalue weighted by Crippen LogP contribution is -2.22. The van der Waals surface area contributed by atoms with Crippen molar-refractivity contribution in [1.29, 1.82) is 5.26 Å². The largest absolute Gasteiger partial charge is 0.365 e. The molecule has 1 fully saturated rings. The van der Waals surface area contributed by atoms with Crippen LogP contribution in [0.1, 0.15) is 24.8 Å². The van der Waals surface area contributed by atoms with E-state index in [2.05, 4.69) is 26.9 Å². The van der Waals surface area contributed by atoms with E-state index in [0.29, 0.717) is 17.4 Å². The molecule has 0 aromatic carbocycles. The van der Waals surface area contributed by atoms with E-state index in [1.165, 1.54) is 0 Å².